The second-order valence-electron chi connectivity index (χ2n) is 2.74. The fourth-order valence-corrected chi connectivity index (χ4v) is 0.320. The first-order chi connectivity index (χ1) is 4.54. The summed E-state index contributed by atoms with van der Waals surface area (Å²) in [6.07, 6.45) is -1.18. The molecule has 0 aliphatic heterocycles. The van der Waals surface area contributed by atoms with Crippen LogP contribution in [0.5, 0.6) is 0 Å². The largest absolute Gasteiger partial charge is 0.487 e. The summed E-state index contributed by atoms with van der Waals surface area (Å²) in [5.41, 5.74) is -0.751. The van der Waals surface area contributed by atoms with Crippen molar-refractivity contribution in [2.75, 3.05) is 6.61 Å². The summed E-state index contributed by atoms with van der Waals surface area (Å²) in [4.78, 5) is 0. The van der Waals surface area contributed by atoms with Crippen LogP contribution in [-0.4, -0.2) is 35.8 Å². The maximum absolute atomic E-state index is 9.00. The van der Waals surface area contributed by atoms with Gasteiger partial charge in [0.2, 0.25) is 0 Å². The van der Waals surface area contributed by atoms with E-state index in [1.807, 2.05) is 0 Å². The molecule has 0 aliphatic carbocycles. The topological polar surface area (TPSA) is 69.9 Å². The molecule has 0 saturated carbocycles. The van der Waals surface area contributed by atoms with Crippen molar-refractivity contribution in [2.24, 2.45) is 5.41 Å². The van der Waals surface area contributed by atoms with E-state index in [2.05, 4.69) is 4.65 Å². The van der Waals surface area contributed by atoms with Gasteiger partial charge in [-0.05, 0) is 0 Å². The normalized spacial score (nSPS) is 14.9. The maximum atomic E-state index is 9.00. The highest BCUT2D eigenvalue weighted by atomic mass is 16.6. The first-order valence-corrected chi connectivity index (χ1v) is 2.95. The van der Waals surface area contributed by atoms with E-state index in [1.165, 1.54) is 0 Å². The smallest absolute Gasteiger partial charge is 0.429 e. The van der Waals surface area contributed by atoms with Gasteiger partial charge in [-0.1, -0.05) is 13.8 Å². The fourth-order valence-electron chi connectivity index (χ4n) is 0.320. The van der Waals surface area contributed by atoms with Crippen molar-refractivity contribution in [3.05, 3.63) is 0 Å². The van der Waals surface area contributed by atoms with Crippen molar-refractivity contribution in [3.8, 4) is 0 Å². The highest BCUT2D eigenvalue weighted by molar-refractivity contribution is 6.15. The molecule has 5 heteroatoms. The lowest BCUT2D eigenvalue weighted by atomic mass is 9.94. The Kier molecular flexibility index (Phi) is 3.89. The second-order valence-corrected chi connectivity index (χ2v) is 2.74. The zero-order chi connectivity index (χ0) is 8.20. The van der Waals surface area contributed by atoms with Gasteiger partial charge in [0.15, 0.2) is 0 Å². The van der Waals surface area contributed by atoms with Crippen LogP contribution in [0.15, 0.2) is 0 Å². The van der Waals surface area contributed by atoms with Gasteiger partial charge in [0, 0.05) is 5.41 Å². The molecular weight excluding hydrogens is 135 g/mol. The quantitative estimate of drug-likeness (QED) is 0.347. The van der Waals surface area contributed by atoms with Gasteiger partial charge in [0.1, 0.15) is 6.29 Å². The van der Waals surface area contributed by atoms with E-state index in [0.717, 1.165) is 0 Å². The molecule has 0 aromatic carbocycles. The van der Waals surface area contributed by atoms with Crippen LogP contribution in [0.4, 0.5) is 0 Å². The average molecular weight is 147 g/mol. The number of rotatable bonds is 4. The highest BCUT2D eigenvalue weighted by Gasteiger charge is 2.27. The molecule has 1 atom stereocenters. The molecule has 10 heavy (non-hydrogen) atoms. The van der Waals surface area contributed by atoms with Crippen molar-refractivity contribution in [1.82, 2.24) is 0 Å². The minimum Gasteiger partial charge on any atom is -0.429 e. The van der Waals surface area contributed by atoms with Crippen LogP contribution in [0.25, 0.3) is 0 Å². The molecule has 0 amide bonds. The van der Waals surface area contributed by atoms with Gasteiger partial charge in [-0.2, -0.15) is 0 Å². The number of hydrogen-bond donors (Lipinski definition) is 3. The minimum absolute atomic E-state index is 0.206. The number of aliphatic hydroxyl groups excluding tert-OH is 2. The molecule has 59 valence electrons. The summed E-state index contributed by atoms with van der Waals surface area (Å²) < 4.78 is 4.32. The highest BCUT2D eigenvalue weighted by Crippen LogP contribution is 2.19. The lowest BCUT2D eigenvalue weighted by Crippen LogP contribution is -2.35. The third-order valence-corrected chi connectivity index (χ3v) is 1.27. The molecule has 1 radical (unpaired) electrons. The third-order valence-electron chi connectivity index (χ3n) is 1.27. The Bertz CT molecular complexity index is 95.6. The number of aliphatic hydroxyl groups is 2. The van der Waals surface area contributed by atoms with E-state index in [4.69, 9.17) is 15.2 Å². The van der Waals surface area contributed by atoms with Gasteiger partial charge >= 0.3 is 7.69 Å². The fraction of sp³-hybridized carbons (Fsp3) is 1.00. The number of hydrogen-bond acceptors (Lipinski definition) is 4. The molecule has 0 aromatic heterocycles. The average Bonchev–Trinajstić information content (AvgIpc) is 1.89. The van der Waals surface area contributed by atoms with Crippen LogP contribution < -0.4 is 0 Å². The second kappa shape index (κ2) is 3.93. The van der Waals surface area contributed by atoms with Crippen molar-refractivity contribution in [2.45, 2.75) is 20.1 Å². The Hall–Kier alpha value is -0.0951. The molecular formula is C5H12BO4. The van der Waals surface area contributed by atoms with Crippen LogP contribution in [-0.2, 0) is 4.65 Å². The minimum atomic E-state index is -1.18. The Labute approximate surface area is 60.8 Å². The van der Waals surface area contributed by atoms with Crippen LogP contribution in [0, 0.1) is 5.41 Å². The molecule has 0 aromatic rings. The molecule has 0 aliphatic rings. The SMILES string of the molecule is CC(C)(CO)C(O)O[B]O. The first-order valence-electron chi connectivity index (χ1n) is 2.95. The summed E-state index contributed by atoms with van der Waals surface area (Å²) in [5.74, 6) is 0. The molecule has 3 N–H and O–H groups in total. The molecule has 0 spiro atoms. The van der Waals surface area contributed by atoms with Gasteiger partial charge in [-0.15, -0.1) is 0 Å². The molecule has 1 unspecified atom stereocenters. The predicted octanol–water partition coefficient (Wildman–Crippen LogP) is -1.13. The summed E-state index contributed by atoms with van der Waals surface area (Å²) in [6, 6.07) is 0. The van der Waals surface area contributed by atoms with Gasteiger partial charge < -0.3 is 19.9 Å². The summed E-state index contributed by atoms with van der Waals surface area (Å²) in [5, 5.41) is 25.8. The molecule has 0 saturated heterocycles. The van der Waals surface area contributed by atoms with Gasteiger partial charge in [0.05, 0.1) is 6.61 Å². The molecule has 0 bridgehead atoms. The van der Waals surface area contributed by atoms with E-state index in [0.29, 0.717) is 7.69 Å². The van der Waals surface area contributed by atoms with Crippen molar-refractivity contribution in [1.29, 1.82) is 0 Å². The van der Waals surface area contributed by atoms with E-state index in [9.17, 15) is 0 Å². The van der Waals surface area contributed by atoms with E-state index in [-0.39, 0.29) is 6.61 Å². The summed E-state index contributed by atoms with van der Waals surface area (Å²) in [7, 11) is 0.405. The zero-order valence-electron chi connectivity index (χ0n) is 6.11. The Morgan fingerprint density at radius 3 is 2.40 bits per heavy atom. The standard InChI is InChI=1S/C5H12BO4/c1-5(2,3-7)4(8)10-6-9/h4,7-9H,3H2,1-2H3. The van der Waals surface area contributed by atoms with Crippen LogP contribution >= 0.6 is 0 Å². The van der Waals surface area contributed by atoms with Crippen LogP contribution in [0.1, 0.15) is 13.8 Å². The maximum Gasteiger partial charge on any atom is 0.487 e. The van der Waals surface area contributed by atoms with Crippen molar-refractivity contribution < 1.29 is 19.9 Å². The predicted molar refractivity (Wildman–Crippen MR) is 35.9 cm³/mol. The van der Waals surface area contributed by atoms with Crippen LogP contribution in [0.2, 0.25) is 0 Å². The first kappa shape index (κ1) is 9.90. The summed E-state index contributed by atoms with van der Waals surface area (Å²) >= 11 is 0. The van der Waals surface area contributed by atoms with Crippen LogP contribution in [0.3, 0.4) is 0 Å². The van der Waals surface area contributed by atoms with Gasteiger partial charge in [-0.3, -0.25) is 0 Å². The molecule has 0 heterocycles. The lowest BCUT2D eigenvalue weighted by Gasteiger charge is -2.27. The lowest BCUT2D eigenvalue weighted by molar-refractivity contribution is -0.123. The third kappa shape index (κ3) is 2.66. The van der Waals surface area contributed by atoms with E-state index >= 15 is 0 Å². The van der Waals surface area contributed by atoms with Gasteiger partial charge in [0.25, 0.3) is 0 Å². The monoisotopic (exact) mass is 147 g/mol. The van der Waals surface area contributed by atoms with Gasteiger partial charge in [-0.25, -0.2) is 0 Å². The zero-order valence-corrected chi connectivity index (χ0v) is 6.11. The molecule has 0 fully saturated rings. The Morgan fingerprint density at radius 2 is 2.10 bits per heavy atom. The molecule has 4 nitrogen and oxygen atoms in total. The summed E-state index contributed by atoms with van der Waals surface area (Å²) in [6.45, 7) is 3.02. The van der Waals surface area contributed by atoms with E-state index < -0.39 is 11.7 Å². The molecule has 0 rings (SSSR count). The Balaban J connectivity index is 3.78. The van der Waals surface area contributed by atoms with Crippen molar-refractivity contribution >= 4 is 7.69 Å². The van der Waals surface area contributed by atoms with E-state index in [1.54, 1.807) is 13.8 Å². The Morgan fingerprint density at radius 1 is 1.60 bits per heavy atom. The van der Waals surface area contributed by atoms with Crippen molar-refractivity contribution in [3.63, 3.8) is 0 Å².